The minimum absolute atomic E-state index is 0.0984. The Hall–Kier alpha value is -4.01. The molecule has 1 aliphatic rings. The van der Waals surface area contributed by atoms with Gasteiger partial charge in [-0.15, -0.1) is 0 Å². The Morgan fingerprint density at radius 1 is 1.00 bits per heavy atom. The van der Waals surface area contributed by atoms with Gasteiger partial charge in [0.25, 0.3) is 0 Å². The zero-order chi connectivity index (χ0) is 26.7. The summed E-state index contributed by atoms with van der Waals surface area (Å²) in [4.78, 5) is 45.8. The highest BCUT2D eigenvalue weighted by atomic mass is 35.5. The van der Waals surface area contributed by atoms with Gasteiger partial charge in [0.15, 0.2) is 0 Å². The molecular weight excluding hydrogens is 492 g/mol. The van der Waals surface area contributed by atoms with Gasteiger partial charge < -0.3 is 19.9 Å². The lowest BCUT2D eigenvalue weighted by Crippen LogP contribution is -2.35. The Labute approximate surface area is 220 Å². The standard InChI is InChI=1S/C28H27ClN4O4/c1-32(2)16-24(34)33(3)23-13-11-19(15-21(23)29)30-26(17-8-6-5-7-9-17)25-20-12-10-18(28(36)37-4)14-22(20)31-27(25)35/h5-15,25H,16H2,1-4H3,(H,31,35). The highest BCUT2D eigenvalue weighted by molar-refractivity contribution is 6.34. The van der Waals surface area contributed by atoms with Gasteiger partial charge in [0.2, 0.25) is 11.8 Å². The SMILES string of the molecule is COC(=O)c1ccc2c(c1)NC(=O)C2C(=Nc1ccc(N(C)C(=O)CN(C)C)c(Cl)c1)c1ccccc1. The van der Waals surface area contributed by atoms with Crippen molar-refractivity contribution in [3.05, 3.63) is 88.4 Å². The first-order valence-corrected chi connectivity index (χ1v) is 12.0. The molecule has 2 amide bonds. The molecule has 0 aromatic heterocycles. The molecule has 9 heteroatoms. The molecule has 37 heavy (non-hydrogen) atoms. The zero-order valence-electron chi connectivity index (χ0n) is 21.0. The minimum atomic E-state index is -0.702. The van der Waals surface area contributed by atoms with Gasteiger partial charge in [-0.25, -0.2) is 4.79 Å². The number of hydrogen-bond donors (Lipinski definition) is 1. The number of ether oxygens (including phenoxy) is 1. The molecule has 1 heterocycles. The molecule has 1 unspecified atom stereocenters. The number of fused-ring (bicyclic) bond motifs is 1. The van der Waals surface area contributed by atoms with Crippen LogP contribution in [-0.2, 0) is 14.3 Å². The van der Waals surface area contributed by atoms with Crippen molar-refractivity contribution in [2.45, 2.75) is 5.92 Å². The van der Waals surface area contributed by atoms with Gasteiger partial charge in [0, 0.05) is 12.7 Å². The van der Waals surface area contributed by atoms with Crippen molar-refractivity contribution in [3.8, 4) is 0 Å². The summed E-state index contributed by atoms with van der Waals surface area (Å²) in [5.41, 5.74) is 3.99. The summed E-state index contributed by atoms with van der Waals surface area (Å²) < 4.78 is 4.80. The van der Waals surface area contributed by atoms with Crippen molar-refractivity contribution in [1.29, 1.82) is 0 Å². The number of hydrogen-bond acceptors (Lipinski definition) is 6. The van der Waals surface area contributed by atoms with Gasteiger partial charge in [-0.05, 0) is 55.6 Å². The number of rotatable bonds is 7. The lowest BCUT2D eigenvalue weighted by molar-refractivity contribution is -0.119. The molecule has 0 spiro atoms. The van der Waals surface area contributed by atoms with Crippen LogP contribution in [0.1, 0.15) is 27.4 Å². The van der Waals surface area contributed by atoms with E-state index < -0.39 is 11.9 Å². The number of aliphatic imine (C=N–C) groups is 1. The Kier molecular flexibility index (Phi) is 7.71. The Morgan fingerprint density at radius 3 is 2.38 bits per heavy atom. The van der Waals surface area contributed by atoms with Crippen LogP contribution in [0.4, 0.5) is 17.1 Å². The summed E-state index contributed by atoms with van der Waals surface area (Å²) in [5, 5.41) is 3.23. The first kappa shape index (κ1) is 26.1. The van der Waals surface area contributed by atoms with Gasteiger partial charge >= 0.3 is 5.97 Å². The molecule has 0 saturated carbocycles. The van der Waals surface area contributed by atoms with Crippen molar-refractivity contribution in [3.63, 3.8) is 0 Å². The van der Waals surface area contributed by atoms with E-state index in [2.05, 4.69) is 5.32 Å². The Balaban J connectivity index is 1.75. The molecule has 0 radical (unpaired) electrons. The Morgan fingerprint density at radius 2 is 1.73 bits per heavy atom. The van der Waals surface area contributed by atoms with Crippen molar-refractivity contribution in [1.82, 2.24) is 4.90 Å². The number of amides is 2. The molecule has 1 N–H and O–H groups in total. The number of methoxy groups -OCH3 is 1. The highest BCUT2D eigenvalue weighted by Crippen LogP contribution is 2.38. The van der Waals surface area contributed by atoms with E-state index in [4.69, 9.17) is 21.3 Å². The van der Waals surface area contributed by atoms with E-state index in [0.717, 1.165) is 5.56 Å². The fourth-order valence-electron chi connectivity index (χ4n) is 4.17. The van der Waals surface area contributed by atoms with Crippen molar-refractivity contribution < 1.29 is 19.1 Å². The van der Waals surface area contributed by atoms with E-state index in [1.165, 1.54) is 12.0 Å². The number of likely N-dealkylation sites (N-methyl/N-ethyl adjacent to an activating group) is 2. The van der Waals surface area contributed by atoms with E-state index in [1.807, 2.05) is 44.4 Å². The van der Waals surface area contributed by atoms with E-state index in [0.29, 0.717) is 38.9 Å². The third-order valence-corrected chi connectivity index (χ3v) is 6.32. The van der Waals surface area contributed by atoms with E-state index >= 15 is 0 Å². The molecule has 0 saturated heterocycles. The van der Waals surface area contributed by atoms with Crippen LogP contribution in [0.25, 0.3) is 0 Å². The number of anilines is 2. The number of carbonyl (C=O) groups is 3. The van der Waals surface area contributed by atoms with Crippen LogP contribution in [0, 0.1) is 0 Å². The second kappa shape index (κ2) is 10.9. The summed E-state index contributed by atoms with van der Waals surface area (Å²) in [5.74, 6) is -1.54. The predicted molar refractivity (Wildman–Crippen MR) is 145 cm³/mol. The maximum atomic E-state index is 13.2. The molecule has 0 bridgehead atoms. The number of nitrogens with one attached hydrogen (secondary N) is 1. The summed E-state index contributed by atoms with van der Waals surface area (Å²) in [6, 6.07) is 19.6. The summed E-state index contributed by atoms with van der Waals surface area (Å²) in [7, 11) is 6.63. The third kappa shape index (κ3) is 5.55. The number of halogens is 1. The molecule has 1 aliphatic heterocycles. The van der Waals surface area contributed by atoms with E-state index in [-0.39, 0.29) is 18.4 Å². The van der Waals surface area contributed by atoms with Crippen molar-refractivity contribution in [2.24, 2.45) is 4.99 Å². The van der Waals surface area contributed by atoms with Gasteiger partial charge in [0.05, 0.1) is 41.3 Å². The number of carbonyl (C=O) groups excluding carboxylic acids is 3. The van der Waals surface area contributed by atoms with Gasteiger partial charge in [-0.1, -0.05) is 48.0 Å². The predicted octanol–water partition coefficient (Wildman–Crippen LogP) is 4.51. The third-order valence-electron chi connectivity index (χ3n) is 6.02. The molecule has 190 valence electrons. The topological polar surface area (TPSA) is 91.3 Å². The minimum Gasteiger partial charge on any atom is -0.465 e. The van der Waals surface area contributed by atoms with Crippen LogP contribution in [0.15, 0.2) is 71.7 Å². The molecule has 3 aromatic carbocycles. The van der Waals surface area contributed by atoms with Crippen molar-refractivity contribution >= 4 is 52.2 Å². The van der Waals surface area contributed by atoms with E-state index in [1.54, 1.807) is 48.3 Å². The summed E-state index contributed by atoms with van der Waals surface area (Å²) in [6.45, 7) is 0.249. The second-order valence-electron chi connectivity index (χ2n) is 8.91. The number of esters is 1. The van der Waals surface area contributed by atoms with Gasteiger partial charge in [-0.2, -0.15) is 0 Å². The zero-order valence-corrected chi connectivity index (χ0v) is 21.7. The molecule has 8 nitrogen and oxygen atoms in total. The number of nitrogens with zero attached hydrogens (tertiary/aromatic N) is 3. The smallest absolute Gasteiger partial charge is 0.337 e. The fraction of sp³-hybridized carbons (Fsp3) is 0.214. The molecule has 0 fully saturated rings. The first-order chi connectivity index (χ1) is 17.7. The average Bonchev–Trinajstić information content (AvgIpc) is 3.21. The lowest BCUT2D eigenvalue weighted by Gasteiger charge is -2.21. The quantitative estimate of drug-likeness (QED) is 0.367. The monoisotopic (exact) mass is 518 g/mol. The summed E-state index contributed by atoms with van der Waals surface area (Å²) in [6.07, 6.45) is 0. The maximum absolute atomic E-state index is 13.2. The van der Waals surface area contributed by atoms with Crippen LogP contribution in [-0.4, -0.2) is 63.2 Å². The fourth-order valence-corrected chi connectivity index (χ4v) is 4.47. The van der Waals surface area contributed by atoms with Gasteiger partial charge in [-0.3, -0.25) is 14.6 Å². The lowest BCUT2D eigenvalue weighted by atomic mass is 9.90. The maximum Gasteiger partial charge on any atom is 0.337 e. The highest BCUT2D eigenvalue weighted by Gasteiger charge is 2.36. The molecule has 4 rings (SSSR count). The largest absolute Gasteiger partial charge is 0.465 e. The second-order valence-corrected chi connectivity index (χ2v) is 9.31. The van der Waals surface area contributed by atoms with E-state index in [9.17, 15) is 14.4 Å². The van der Waals surface area contributed by atoms with Crippen LogP contribution in [0.5, 0.6) is 0 Å². The van der Waals surface area contributed by atoms with Crippen LogP contribution < -0.4 is 10.2 Å². The molecule has 1 atom stereocenters. The van der Waals surface area contributed by atoms with Gasteiger partial charge in [0.1, 0.15) is 5.92 Å². The normalized spacial score (nSPS) is 14.8. The molecule has 0 aliphatic carbocycles. The van der Waals surface area contributed by atoms with Crippen LogP contribution >= 0.6 is 11.6 Å². The van der Waals surface area contributed by atoms with Crippen molar-refractivity contribution in [2.75, 3.05) is 45.0 Å². The Bertz CT molecular complexity index is 1390. The number of benzene rings is 3. The summed E-state index contributed by atoms with van der Waals surface area (Å²) >= 11 is 6.56. The molecule has 3 aromatic rings. The van der Waals surface area contributed by atoms with Crippen LogP contribution in [0.3, 0.4) is 0 Å². The van der Waals surface area contributed by atoms with Crippen LogP contribution in [0.2, 0.25) is 5.02 Å². The first-order valence-electron chi connectivity index (χ1n) is 11.6. The average molecular weight is 519 g/mol. The molecular formula is C28H27ClN4O4.